The molecular formula is C15H16F2N2. The summed E-state index contributed by atoms with van der Waals surface area (Å²) in [6.07, 6.45) is 0. The molecule has 0 fully saturated rings. The number of rotatable bonds is 5. The van der Waals surface area contributed by atoms with Crippen LogP contribution in [0.1, 0.15) is 18.1 Å². The maximum atomic E-state index is 13.0. The van der Waals surface area contributed by atoms with Gasteiger partial charge in [-0.2, -0.15) is 0 Å². The SMILES string of the molecule is CC(F)(F)c1ccc(CNNc2ccccc2)cc1. The van der Waals surface area contributed by atoms with Crippen molar-refractivity contribution in [2.24, 2.45) is 0 Å². The Hall–Kier alpha value is -1.94. The predicted octanol–water partition coefficient (Wildman–Crippen LogP) is 3.92. The highest BCUT2D eigenvalue weighted by atomic mass is 19.3. The van der Waals surface area contributed by atoms with Gasteiger partial charge >= 0.3 is 0 Å². The van der Waals surface area contributed by atoms with E-state index in [9.17, 15) is 8.78 Å². The minimum atomic E-state index is -2.78. The summed E-state index contributed by atoms with van der Waals surface area (Å²) in [6, 6.07) is 16.0. The highest BCUT2D eigenvalue weighted by molar-refractivity contribution is 5.41. The Morgan fingerprint density at radius 1 is 0.947 bits per heavy atom. The molecule has 0 radical (unpaired) electrons. The van der Waals surface area contributed by atoms with Gasteiger partial charge in [-0.3, -0.25) is 0 Å². The number of alkyl halides is 2. The van der Waals surface area contributed by atoms with E-state index >= 15 is 0 Å². The lowest BCUT2D eigenvalue weighted by molar-refractivity contribution is 0.0174. The van der Waals surface area contributed by atoms with Crippen LogP contribution in [0.5, 0.6) is 0 Å². The van der Waals surface area contributed by atoms with Crippen LogP contribution in [-0.4, -0.2) is 0 Å². The van der Waals surface area contributed by atoms with E-state index < -0.39 is 5.92 Å². The van der Waals surface area contributed by atoms with Crippen LogP contribution in [0.25, 0.3) is 0 Å². The molecule has 0 saturated heterocycles. The van der Waals surface area contributed by atoms with Crippen molar-refractivity contribution in [2.45, 2.75) is 19.4 Å². The maximum Gasteiger partial charge on any atom is 0.270 e. The Morgan fingerprint density at radius 2 is 1.58 bits per heavy atom. The van der Waals surface area contributed by atoms with Crippen molar-refractivity contribution in [3.05, 3.63) is 65.7 Å². The number of anilines is 1. The Morgan fingerprint density at radius 3 is 2.16 bits per heavy atom. The van der Waals surface area contributed by atoms with Crippen LogP contribution in [-0.2, 0) is 12.5 Å². The van der Waals surface area contributed by atoms with E-state index in [1.807, 2.05) is 30.3 Å². The molecule has 0 aromatic heterocycles. The molecule has 2 nitrogen and oxygen atoms in total. The van der Waals surface area contributed by atoms with E-state index in [0.717, 1.165) is 18.2 Å². The lowest BCUT2D eigenvalue weighted by atomic mass is 10.1. The van der Waals surface area contributed by atoms with Crippen LogP contribution in [0.3, 0.4) is 0 Å². The quantitative estimate of drug-likeness (QED) is 0.798. The average molecular weight is 262 g/mol. The van der Waals surface area contributed by atoms with Crippen LogP contribution >= 0.6 is 0 Å². The lowest BCUT2D eigenvalue weighted by Crippen LogP contribution is -2.20. The van der Waals surface area contributed by atoms with E-state index in [1.54, 1.807) is 12.1 Å². The van der Waals surface area contributed by atoms with Gasteiger partial charge in [0.2, 0.25) is 0 Å². The van der Waals surface area contributed by atoms with Crippen LogP contribution in [0, 0.1) is 0 Å². The maximum absolute atomic E-state index is 13.0. The molecule has 0 aliphatic carbocycles. The molecule has 0 heterocycles. The summed E-state index contributed by atoms with van der Waals surface area (Å²) in [5.41, 5.74) is 8.01. The predicted molar refractivity (Wildman–Crippen MR) is 72.9 cm³/mol. The zero-order valence-electron chi connectivity index (χ0n) is 10.7. The second-order valence-electron chi connectivity index (χ2n) is 4.43. The number of hydrazine groups is 1. The summed E-state index contributed by atoms with van der Waals surface area (Å²) >= 11 is 0. The Balaban J connectivity index is 1.87. The highest BCUT2D eigenvalue weighted by Crippen LogP contribution is 2.26. The van der Waals surface area contributed by atoms with Gasteiger partial charge in [0.25, 0.3) is 5.92 Å². The summed E-state index contributed by atoms with van der Waals surface area (Å²) in [5.74, 6) is -2.78. The molecular weight excluding hydrogens is 246 g/mol. The van der Waals surface area contributed by atoms with E-state index in [4.69, 9.17) is 0 Å². The molecule has 0 amide bonds. The van der Waals surface area contributed by atoms with Gasteiger partial charge in [-0.25, -0.2) is 14.2 Å². The van der Waals surface area contributed by atoms with Crippen molar-refractivity contribution in [1.82, 2.24) is 5.43 Å². The van der Waals surface area contributed by atoms with Crippen LogP contribution in [0.4, 0.5) is 14.5 Å². The molecule has 2 rings (SSSR count). The molecule has 19 heavy (non-hydrogen) atoms. The Labute approximate surface area is 111 Å². The molecule has 100 valence electrons. The van der Waals surface area contributed by atoms with Gasteiger partial charge in [-0.1, -0.05) is 42.5 Å². The van der Waals surface area contributed by atoms with Crippen LogP contribution in [0.2, 0.25) is 0 Å². The molecule has 0 atom stereocenters. The fraction of sp³-hybridized carbons (Fsp3) is 0.200. The van der Waals surface area contributed by atoms with Gasteiger partial charge in [0.1, 0.15) is 0 Å². The number of benzene rings is 2. The number of halogens is 2. The van der Waals surface area contributed by atoms with Gasteiger partial charge in [0.05, 0.1) is 0 Å². The molecule has 2 aromatic rings. The zero-order chi connectivity index (χ0) is 13.7. The van der Waals surface area contributed by atoms with Gasteiger partial charge in [-0.15, -0.1) is 0 Å². The van der Waals surface area contributed by atoms with Crippen molar-refractivity contribution in [3.63, 3.8) is 0 Å². The number of hydrogen-bond acceptors (Lipinski definition) is 2. The van der Waals surface area contributed by atoms with Gasteiger partial charge in [0.15, 0.2) is 0 Å². The minimum Gasteiger partial charge on any atom is -0.321 e. The largest absolute Gasteiger partial charge is 0.321 e. The smallest absolute Gasteiger partial charge is 0.270 e. The third kappa shape index (κ3) is 4.03. The molecule has 0 aliphatic rings. The number of nitrogens with one attached hydrogen (secondary N) is 2. The lowest BCUT2D eigenvalue weighted by Gasteiger charge is -2.12. The number of hydrogen-bond donors (Lipinski definition) is 2. The molecule has 2 aromatic carbocycles. The normalized spacial score (nSPS) is 11.3. The topological polar surface area (TPSA) is 24.1 Å². The third-order valence-corrected chi connectivity index (χ3v) is 2.76. The molecule has 0 unspecified atom stereocenters. The second-order valence-corrected chi connectivity index (χ2v) is 4.43. The summed E-state index contributed by atoms with van der Waals surface area (Å²) in [7, 11) is 0. The van der Waals surface area contributed by atoms with Crippen molar-refractivity contribution in [1.29, 1.82) is 0 Å². The van der Waals surface area contributed by atoms with Crippen LogP contribution < -0.4 is 10.9 Å². The van der Waals surface area contributed by atoms with Crippen molar-refractivity contribution < 1.29 is 8.78 Å². The monoisotopic (exact) mass is 262 g/mol. The van der Waals surface area contributed by atoms with E-state index in [0.29, 0.717) is 6.54 Å². The van der Waals surface area contributed by atoms with Crippen molar-refractivity contribution in [2.75, 3.05) is 5.43 Å². The van der Waals surface area contributed by atoms with Crippen LogP contribution in [0.15, 0.2) is 54.6 Å². The van der Waals surface area contributed by atoms with E-state index in [1.165, 1.54) is 12.1 Å². The summed E-state index contributed by atoms with van der Waals surface area (Å²) in [6.45, 7) is 1.46. The third-order valence-electron chi connectivity index (χ3n) is 2.76. The fourth-order valence-electron chi connectivity index (χ4n) is 1.69. The summed E-state index contributed by atoms with van der Waals surface area (Å²) in [4.78, 5) is 0. The van der Waals surface area contributed by atoms with E-state index in [-0.39, 0.29) is 5.56 Å². The molecule has 0 bridgehead atoms. The van der Waals surface area contributed by atoms with Gasteiger partial charge in [0, 0.05) is 24.7 Å². The highest BCUT2D eigenvalue weighted by Gasteiger charge is 2.23. The molecule has 2 N–H and O–H groups in total. The average Bonchev–Trinajstić information content (AvgIpc) is 2.39. The van der Waals surface area contributed by atoms with Gasteiger partial charge in [-0.05, 0) is 17.7 Å². The number of para-hydroxylation sites is 1. The van der Waals surface area contributed by atoms with Gasteiger partial charge < -0.3 is 5.43 Å². The molecule has 4 heteroatoms. The Kier molecular flexibility index (Phi) is 4.12. The van der Waals surface area contributed by atoms with E-state index in [2.05, 4.69) is 10.9 Å². The van der Waals surface area contributed by atoms with Crippen molar-refractivity contribution >= 4 is 5.69 Å². The Bertz CT molecular complexity index is 504. The molecule has 0 aliphatic heterocycles. The summed E-state index contributed by atoms with van der Waals surface area (Å²) < 4.78 is 26.1. The first-order chi connectivity index (χ1) is 9.05. The standard InChI is InChI=1S/C15H16F2N2/c1-15(16,17)13-9-7-12(8-10-13)11-18-19-14-5-3-2-4-6-14/h2-10,18-19H,11H2,1H3. The fourth-order valence-corrected chi connectivity index (χ4v) is 1.69. The first-order valence-corrected chi connectivity index (χ1v) is 6.07. The molecule has 0 spiro atoms. The molecule has 0 saturated carbocycles. The van der Waals surface area contributed by atoms with Crippen molar-refractivity contribution in [3.8, 4) is 0 Å². The second kappa shape index (κ2) is 5.80. The summed E-state index contributed by atoms with van der Waals surface area (Å²) in [5, 5.41) is 0. The zero-order valence-corrected chi connectivity index (χ0v) is 10.7. The first-order valence-electron chi connectivity index (χ1n) is 6.07. The first kappa shape index (κ1) is 13.5. The minimum absolute atomic E-state index is 0.0345.